The van der Waals surface area contributed by atoms with Crippen molar-refractivity contribution in [1.82, 2.24) is 9.38 Å². The van der Waals surface area contributed by atoms with Gasteiger partial charge >= 0.3 is 0 Å². The van der Waals surface area contributed by atoms with Crippen LogP contribution in [0, 0.1) is 6.92 Å². The van der Waals surface area contributed by atoms with E-state index in [2.05, 4.69) is 11.9 Å². The topological polar surface area (TPSA) is 34.4 Å². The lowest BCUT2D eigenvalue weighted by atomic mass is 10.4. The van der Waals surface area contributed by atoms with E-state index in [1.54, 1.807) is 21.8 Å². The summed E-state index contributed by atoms with van der Waals surface area (Å²) in [4.78, 5) is 17.7. The molecule has 0 aliphatic heterocycles. The molecule has 2 rings (SSSR count). The van der Waals surface area contributed by atoms with E-state index in [-0.39, 0.29) is 5.56 Å². The Morgan fingerprint density at radius 1 is 1.62 bits per heavy atom. The molecule has 0 aliphatic rings. The van der Waals surface area contributed by atoms with Gasteiger partial charge in [0.25, 0.3) is 5.56 Å². The van der Waals surface area contributed by atoms with Crippen LogP contribution in [0.5, 0.6) is 0 Å². The second-order valence-electron chi connectivity index (χ2n) is 2.94. The molecular weight excluding hydrogens is 184 g/mol. The number of rotatable bonds is 1. The Morgan fingerprint density at radius 2 is 2.38 bits per heavy atom. The molecule has 0 aliphatic carbocycles. The summed E-state index contributed by atoms with van der Waals surface area (Å²) >= 11 is 1.58. The van der Waals surface area contributed by atoms with Crippen molar-refractivity contribution in [3.05, 3.63) is 33.2 Å². The van der Waals surface area contributed by atoms with Crippen molar-refractivity contribution in [2.45, 2.75) is 20.3 Å². The standard InChI is InChI=1S/C9H10N2OS/c1-3-7-5-11-8(12)4-6(2)10-9(11)13-7/h4-5H,3H2,1-2H3. The molecule has 2 aromatic rings. The van der Waals surface area contributed by atoms with Crippen molar-refractivity contribution < 1.29 is 0 Å². The fraction of sp³-hybridized carbons (Fsp3) is 0.333. The molecule has 2 heterocycles. The lowest BCUT2D eigenvalue weighted by Gasteiger charge is -1.91. The van der Waals surface area contributed by atoms with Crippen LogP contribution >= 0.6 is 11.3 Å². The van der Waals surface area contributed by atoms with E-state index in [1.807, 2.05) is 13.1 Å². The number of aromatic nitrogens is 2. The van der Waals surface area contributed by atoms with E-state index in [0.29, 0.717) is 0 Å². The molecule has 13 heavy (non-hydrogen) atoms. The van der Waals surface area contributed by atoms with Crippen LogP contribution < -0.4 is 5.56 Å². The molecule has 4 heteroatoms. The minimum absolute atomic E-state index is 0.0125. The highest BCUT2D eigenvalue weighted by molar-refractivity contribution is 7.17. The van der Waals surface area contributed by atoms with Crippen molar-refractivity contribution in [1.29, 1.82) is 0 Å². The van der Waals surface area contributed by atoms with Gasteiger partial charge in [0, 0.05) is 22.8 Å². The third kappa shape index (κ3) is 1.37. The SMILES string of the molecule is CCc1cn2c(=O)cc(C)nc2s1. The molecule has 3 nitrogen and oxygen atoms in total. The van der Waals surface area contributed by atoms with Gasteiger partial charge in [0.05, 0.1) is 0 Å². The van der Waals surface area contributed by atoms with Crippen molar-refractivity contribution in [2.24, 2.45) is 0 Å². The minimum atomic E-state index is 0.0125. The zero-order chi connectivity index (χ0) is 9.42. The number of hydrogen-bond donors (Lipinski definition) is 0. The third-order valence-corrected chi connectivity index (χ3v) is 3.02. The van der Waals surface area contributed by atoms with Gasteiger partial charge in [-0.25, -0.2) is 4.98 Å². The lowest BCUT2D eigenvalue weighted by molar-refractivity contribution is 1.03. The van der Waals surface area contributed by atoms with Gasteiger partial charge in [-0.15, -0.1) is 11.3 Å². The second kappa shape index (κ2) is 2.96. The Kier molecular flexibility index (Phi) is 1.92. The van der Waals surface area contributed by atoms with Gasteiger partial charge in [0.2, 0.25) is 0 Å². The summed E-state index contributed by atoms with van der Waals surface area (Å²) < 4.78 is 1.61. The fourth-order valence-corrected chi connectivity index (χ4v) is 2.19. The minimum Gasteiger partial charge on any atom is -0.269 e. The van der Waals surface area contributed by atoms with Crippen LogP contribution in [-0.2, 0) is 6.42 Å². The number of thiazole rings is 1. The van der Waals surface area contributed by atoms with E-state index < -0.39 is 0 Å². The summed E-state index contributed by atoms with van der Waals surface area (Å²) in [6, 6.07) is 1.55. The van der Waals surface area contributed by atoms with E-state index in [0.717, 1.165) is 17.1 Å². The fourth-order valence-electron chi connectivity index (χ4n) is 1.22. The van der Waals surface area contributed by atoms with E-state index >= 15 is 0 Å². The monoisotopic (exact) mass is 194 g/mol. The van der Waals surface area contributed by atoms with Crippen molar-refractivity contribution >= 4 is 16.3 Å². The molecule has 0 unspecified atom stereocenters. The molecule has 0 atom stereocenters. The first kappa shape index (κ1) is 8.44. The van der Waals surface area contributed by atoms with E-state index in [9.17, 15) is 4.79 Å². The van der Waals surface area contributed by atoms with E-state index in [1.165, 1.54) is 4.88 Å². The summed E-state index contributed by atoms with van der Waals surface area (Å²) in [6.45, 7) is 3.91. The summed E-state index contributed by atoms with van der Waals surface area (Å²) in [7, 11) is 0. The maximum absolute atomic E-state index is 11.5. The number of fused-ring (bicyclic) bond motifs is 1. The van der Waals surface area contributed by atoms with Gasteiger partial charge in [0.15, 0.2) is 4.96 Å². The van der Waals surface area contributed by atoms with Crippen molar-refractivity contribution in [3.8, 4) is 0 Å². The van der Waals surface area contributed by atoms with Gasteiger partial charge < -0.3 is 0 Å². The summed E-state index contributed by atoms with van der Waals surface area (Å²) in [5.74, 6) is 0. The molecule has 0 radical (unpaired) electrons. The highest BCUT2D eigenvalue weighted by Crippen LogP contribution is 2.14. The highest BCUT2D eigenvalue weighted by Gasteiger charge is 2.03. The molecule has 0 fully saturated rings. The Hall–Kier alpha value is -1.16. The lowest BCUT2D eigenvalue weighted by Crippen LogP contribution is -2.11. The summed E-state index contributed by atoms with van der Waals surface area (Å²) in [6.07, 6.45) is 2.82. The smallest absolute Gasteiger partial charge is 0.258 e. The highest BCUT2D eigenvalue weighted by atomic mass is 32.1. The first-order valence-corrected chi connectivity index (χ1v) is 5.01. The molecule has 0 amide bonds. The van der Waals surface area contributed by atoms with Gasteiger partial charge in [-0.3, -0.25) is 9.20 Å². The molecule has 0 bridgehead atoms. The van der Waals surface area contributed by atoms with Gasteiger partial charge in [-0.05, 0) is 13.3 Å². The maximum atomic E-state index is 11.5. The van der Waals surface area contributed by atoms with Crippen molar-refractivity contribution in [3.63, 3.8) is 0 Å². The Labute approximate surface area is 79.7 Å². The number of aryl methyl sites for hydroxylation is 2. The quantitative estimate of drug-likeness (QED) is 0.691. The Morgan fingerprint density at radius 3 is 3.08 bits per heavy atom. The molecule has 2 aromatic heterocycles. The predicted molar refractivity (Wildman–Crippen MR) is 53.5 cm³/mol. The zero-order valence-electron chi connectivity index (χ0n) is 7.57. The molecule has 0 aromatic carbocycles. The van der Waals surface area contributed by atoms with Crippen LogP contribution in [0.15, 0.2) is 17.1 Å². The van der Waals surface area contributed by atoms with Crippen LogP contribution in [0.3, 0.4) is 0 Å². The molecule has 0 saturated heterocycles. The van der Waals surface area contributed by atoms with Gasteiger partial charge in [-0.2, -0.15) is 0 Å². The number of nitrogens with zero attached hydrogens (tertiary/aromatic N) is 2. The van der Waals surface area contributed by atoms with Gasteiger partial charge in [-0.1, -0.05) is 6.92 Å². The maximum Gasteiger partial charge on any atom is 0.258 e. The zero-order valence-corrected chi connectivity index (χ0v) is 8.39. The second-order valence-corrected chi connectivity index (χ2v) is 4.03. The molecule has 0 N–H and O–H groups in total. The molecule has 0 saturated carbocycles. The normalized spacial score (nSPS) is 10.9. The Bertz CT molecular complexity index is 498. The average molecular weight is 194 g/mol. The van der Waals surface area contributed by atoms with Crippen LogP contribution in [0.2, 0.25) is 0 Å². The van der Waals surface area contributed by atoms with Crippen molar-refractivity contribution in [2.75, 3.05) is 0 Å². The molecular formula is C9H10N2OS. The van der Waals surface area contributed by atoms with Crippen LogP contribution in [-0.4, -0.2) is 9.38 Å². The predicted octanol–water partition coefficient (Wildman–Crippen LogP) is 1.63. The molecule has 68 valence electrons. The summed E-state index contributed by atoms with van der Waals surface area (Å²) in [5.41, 5.74) is 0.799. The molecule has 0 spiro atoms. The largest absolute Gasteiger partial charge is 0.269 e. The van der Waals surface area contributed by atoms with Crippen LogP contribution in [0.4, 0.5) is 0 Å². The third-order valence-electron chi connectivity index (χ3n) is 1.89. The van der Waals surface area contributed by atoms with Crippen LogP contribution in [0.1, 0.15) is 17.5 Å². The first-order valence-electron chi connectivity index (χ1n) is 4.19. The summed E-state index contributed by atoms with van der Waals surface area (Å²) in [5, 5.41) is 0. The van der Waals surface area contributed by atoms with Crippen LogP contribution in [0.25, 0.3) is 4.96 Å². The van der Waals surface area contributed by atoms with Gasteiger partial charge in [0.1, 0.15) is 0 Å². The first-order chi connectivity index (χ1) is 6.20. The number of hydrogen-bond acceptors (Lipinski definition) is 3. The van der Waals surface area contributed by atoms with E-state index in [4.69, 9.17) is 0 Å². The average Bonchev–Trinajstić information content (AvgIpc) is 2.47. The Balaban J connectivity index is 2.83.